The Morgan fingerprint density at radius 1 is 1.08 bits per heavy atom. The number of para-hydroxylation sites is 2. The van der Waals surface area contributed by atoms with E-state index in [1.165, 1.54) is 5.56 Å². The van der Waals surface area contributed by atoms with Gasteiger partial charge in [0.25, 0.3) is 0 Å². The van der Waals surface area contributed by atoms with Crippen LogP contribution in [0.4, 0.5) is 17.5 Å². The van der Waals surface area contributed by atoms with E-state index in [1.807, 2.05) is 55.5 Å². The Morgan fingerprint density at radius 2 is 1.96 bits per heavy atom. The molecule has 0 saturated heterocycles. The lowest BCUT2D eigenvalue weighted by atomic mass is 10.1. The molecule has 5 nitrogen and oxygen atoms in total. The highest BCUT2D eigenvalue weighted by Crippen LogP contribution is 2.26. The monoisotopic (exact) mass is 368 g/mol. The molecule has 0 bridgehead atoms. The van der Waals surface area contributed by atoms with E-state index in [0.29, 0.717) is 18.4 Å². The van der Waals surface area contributed by atoms with Crippen molar-refractivity contribution in [3.8, 4) is 5.75 Å². The maximum absolute atomic E-state index is 6.01. The Balaban J connectivity index is 1.61. The van der Waals surface area contributed by atoms with E-state index in [9.17, 15) is 0 Å². The third kappa shape index (κ3) is 5.10. The molecule has 0 unspecified atom stereocenters. The van der Waals surface area contributed by atoms with Crippen LogP contribution in [0.15, 0.2) is 60.8 Å². The van der Waals surface area contributed by atoms with E-state index in [1.54, 1.807) is 6.20 Å². The number of rotatable bonds is 8. The van der Waals surface area contributed by atoms with Gasteiger partial charge in [0, 0.05) is 17.8 Å². The quantitative estimate of drug-likeness (QED) is 0.590. The Labute approximate surface area is 158 Å². The molecular weight excluding hydrogens is 348 g/mol. The lowest BCUT2D eigenvalue weighted by molar-refractivity contribution is 0.342. The molecule has 6 heteroatoms. The number of aromatic nitrogens is 2. The van der Waals surface area contributed by atoms with Gasteiger partial charge in [0.1, 0.15) is 11.6 Å². The highest BCUT2D eigenvalue weighted by atomic mass is 35.5. The molecule has 1 heterocycles. The van der Waals surface area contributed by atoms with Crippen LogP contribution < -0.4 is 15.4 Å². The summed E-state index contributed by atoms with van der Waals surface area (Å²) in [5.41, 5.74) is 2.04. The molecule has 3 aromatic rings. The molecule has 1 aromatic heterocycles. The first kappa shape index (κ1) is 18.0. The summed E-state index contributed by atoms with van der Waals surface area (Å²) in [5, 5.41) is 7.27. The lowest BCUT2D eigenvalue weighted by Gasteiger charge is -2.12. The fraction of sp³-hybridized carbons (Fsp3) is 0.200. The van der Waals surface area contributed by atoms with Crippen molar-refractivity contribution in [3.05, 3.63) is 71.4 Å². The van der Waals surface area contributed by atoms with Crippen LogP contribution >= 0.6 is 11.6 Å². The fourth-order valence-electron chi connectivity index (χ4n) is 2.51. The first-order chi connectivity index (χ1) is 12.7. The van der Waals surface area contributed by atoms with Gasteiger partial charge in [-0.3, -0.25) is 0 Å². The molecular formula is C20H21ClN4O. The molecule has 0 aliphatic carbocycles. The van der Waals surface area contributed by atoms with Gasteiger partial charge in [-0.05, 0) is 49.2 Å². The summed E-state index contributed by atoms with van der Waals surface area (Å²) in [6.07, 6.45) is 2.56. The fourth-order valence-corrected chi connectivity index (χ4v) is 2.73. The number of hydrogen-bond acceptors (Lipinski definition) is 5. The molecule has 0 spiro atoms. The number of hydrogen-bond donors (Lipinski definition) is 2. The smallest absolute Gasteiger partial charge is 0.224 e. The van der Waals surface area contributed by atoms with E-state index in [0.717, 1.165) is 29.4 Å². The van der Waals surface area contributed by atoms with Crippen LogP contribution in [-0.4, -0.2) is 23.1 Å². The van der Waals surface area contributed by atoms with E-state index in [4.69, 9.17) is 16.3 Å². The highest BCUT2D eigenvalue weighted by molar-refractivity contribution is 6.30. The molecule has 0 fully saturated rings. The second-order valence-corrected chi connectivity index (χ2v) is 6.06. The third-order valence-electron chi connectivity index (χ3n) is 3.69. The average molecular weight is 369 g/mol. The zero-order valence-corrected chi connectivity index (χ0v) is 15.3. The second kappa shape index (κ2) is 9.06. The number of benzene rings is 2. The minimum absolute atomic E-state index is 0.575. The van der Waals surface area contributed by atoms with Crippen molar-refractivity contribution in [1.82, 2.24) is 9.97 Å². The molecule has 2 aromatic carbocycles. The van der Waals surface area contributed by atoms with Crippen LogP contribution in [-0.2, 0) is 6.42 Å². The number of anilines is 3. The largest absolute Gasteiger partial charge is 0.492 e. The topological polar surface area (TPSA) is 59.1 Å². The number of ether oxygens (including phenoxy) is 1. The first-order valence-corrected chi connectivity index (χ1v) is 8.92. The third-order valence-corrected chi connectivity index (χ3v) is 3.93. The molecule has 0 radical (unpaired) electrons. The van der Waals surface area contributed by atoms with E-state index in [2.05, 4.69) is 26.7 Å². The Kier molecular flexibility index (Phi) is 6.28. The van der Waals surface area contributed by atoms with Gasteiger partial charge >= 0.3 is 0 Å². The first-order valence-electron chi connectivity index (χ1n) is 8.55. The SMILES string of the molecule is CCOc1ccccc1Nc1ccnc(NCCc2cccc(Cl)c2)n1. The predicted molar refractivity (Wildman–Crippen MR) is 107 cm³/mol. The van der Waals surface area contributed by atoms with Crippen molar-refractivity contribution in [1.29, 1.82) is 0 Å². The van der Waals surface area contributed by atoms with Crippen LogP contribution in [0.5, 0.6) is 5.75 Å². The van der Waals surface area contributed by atoms with Gasteiger partial charge in [-0.25, -0.2) is 4.98 Å². The minimum atomic E-state index is 0.575. The van der Waals surface area contributed by atoms with Crippen LogP contribution in [0.3, 0.4) is 0 Å². The molecule has 0 atom stereocenters. The Morgan fingerprint density at radius 3 is 2.81 bits per heavy atom. The van der Waals surface area contributed by atoms with Gasteiger partial charge in [0.15, 0.2) is 0 Å². The average Bonchev–Trinajstić information content (AvgIpc) is 2.64. The van der Waals surface area contributed by atoms with E-state index < -0.39 is 0 Å². The van der Waals surface area contributed by atoms with Gasteiger partial charge in [-0.15, -0.1) is 0 Å². The zero-order valence-electron chi connectivity index (χ0n) is 14.6. The van der Waals surface area contributed by atoms with Crippen LogP contribution in [0.25, 0.3) is 0 Å². The van der Waals surface area contributed by atoms with Gasteiger partial charge in [-0.1, -0.05) is 35.9 Å². The molecule has 26 heavy (non-hydrogen) atoms. The molecule has 2 N–H and O–H groups in total. The van der Waals surface area contributed by atoms with Gasteiger partial charge in [0.2, 0.25) is 5.95 Å². The minimum Gasteiger partial charge on any atom is -0.492 e. The molecule has 0 amide bonds. The summed E-state index contributed by atoms with van der Waals surface area (Å²) < 4.78 is 5.63. The van der Waals surface area contributed by atoms with Crippen molar-refractivity contribution < 1.29 is 4.74 Å². The summed E-state index contributed by atoms with van der Waals surface area (Å²) in [6.45, 7) is 3.29. The summed E-state index contributed by atoms with van der Waals surface area (Å²) in [6, 6.07) is 17.5. The van der Waals surface area contributed by atoms with E-state index >= 15 is 0 Å². The highest BCUT2D eigenvalue weighted by Gasteiger charge is 2.05. The summed E-state index contributed by atoms with van der Waals surface area (Å²) in [4.78, 5) is 8.77. The van der Waals surface area contributed by atoms with Crippen molar-refractivity contribution in [2.75, 3.05) is 23.8 Å². The van der Waals surface area contributed by atoms with Crippen LogP contribution in [0.1, 0.15) is 12.5 Å². The van der Waals surface area contributed by atoms with Crippen molar-refractivity contribution >= 4 is 29.1 Å². The normalized spacial score (nSPS) is 10.4. The van der Waals surface area contributed by atoms with Crippen molar-refractivity contribution in [2.45, 2.75) is 13.3 Å². The molecule has 0 saturated carbocycles. The number of nitrogens with one attached hydrogen (secondary N) is 2. The Hall–Kier alpha value is -2.79. The summed E-state index contributed by atoms with van der Waals surface area (Å²) in [5.74, 6) is 2.08. The predicted octanol–water partition coefficient (Wildman–Crippen LogP) is 4.93. The van der Waals surface area contributed by atoms with Gasteiger partial charge < -0.3 is 15.4 Å². The van der Waals surface area contributed by atoms with Gasteiger partial charge in [-0.2, -0.15) is 4.98 Å². The Bertz CT molecular complexity index is 856. The van der Waals surface area contributed by atoms with Gasteiger partial charge in [0.05, 0.1) is 12.3 Å². The maximum Gasteiger partial charge on any atom is 0.224 e. The van der Waals surface area contributed by atoms with Crippen molar-refractivity contribution in [3.63, 3.8) is 0 Å². The number of nitrogens with zero attached hydrogens (tertiary/aromatic N) is 2. The van der Waals surface area contributed by atoms with Crippen LogP contribution in [0.2, 0.25) is 5.02 Å². The standard InChI is InChI=1S/C20H21ClN4O/c1-2-26-18-9-4-3-8-17(18)24-19-11-13-23-20(25-19)22-12-10-15-6-5-7-16(21)14-15/h3-9,11,13-14H,2,10,12H2,1H3,(H2,22,23,24,25). The summed E-state index contributed by atoms with van der Waals surface area (Å²) in [7, 11) is 0. The molecule has 0 aliphatic rings. The zero-order chi connectivity index (χ0) is 18.2. The van der Waals surface area contributed by atoms with E-state index in [-0.39, 0.29) is 0 Å². The molecule has 3 rings (SSSR count). The summed E-state index contributed by atoms with van der Waals surface area (Å²) >= 11 is 6.01. The maximum atomic E-state index is 6.01. The molecule has 0 aliphatic heterocycles. The lowest BCUT2D eigenvalue weighted by Crippen LogP contribution is -2.09. The number of halogens is 1. The molecule has 134 valence electrons. The second-order valence-electron chi connectivity index (χ2n) is 5.63. The van der Waals surface area contributed by atoms with Crippen molar-refractivity contribution in [2.24, 2.45) is 0 Å². The van der Waals surface area contributed by atoms with Crippen LogP contribution in [0, 0.1) is 0 Å².